The molecule has 6 heteroatoms. The highest BCUT2D eigenvalue weighted by Gasteiger charge is 2.47. The second-order valence-corrected chi connectivity index (χ2v) is 10.1. The number of hydrogen-bond donors (Lipinski definition) is 0. The predicted octanol–water partition coefficient (Wildman–Crippen LogP) is 4.60. The molecule has 0 radical (unpaired) electrons. The van der Waals surface area contributed by atoms with Gasteiger partial charge in [-0.15, -0.1) is 0 Å². The van der Waals surface area contributed by atoms with Crippen molar-refractivity contribution >= 4 is 17.2 Å². The molecular weight excluding hydrogens is 412 g/mol. The van der Waals surface area contributed by atoms with Crippen molar-refractivity contribution in [2.45, 2.75) is 45.3 Å². The number of ketones is 1. The minimum absolute atomic E-state index is 0.104. The lowest BCUT2D eigenvalue weighted by Crippen LogP contribution is -2.51. The summed E-state index contributed by atoms with van der Waals surface area (Å²) in [5.74, 6) is 1.12. The molecule has 0 aliphatic carbocycles. The van der Waals surface area contributed by atoms with E-state index in [1.54, 1.807) is 6.92 Å². The molecule has 1 unspecified atom stereocenters. The molecule has 2 aromatic carbocycles. The number of ether oxygens (including phenoxy) is 1. The summed E-state index contributed by atoms with van der Waals surface area (Å²) in [6, 6.07) is 15.0. The Balaban J connectivity index is 1.33. The van der Waals surface area contributed by atoms with Gasteiger partial charge in [0.05, 0.1) is 19.4 Å². The third-order valence-corrected chi connectivity index (χ3v) is 7.59. The fourth-order valence-corrected chi connectivity index (χ4v) is 5.79. The van der Waals surface area contributed by atoms with Crippen LogP contribution in [0.15, 0.2) is 54.1 Å². The molecule has 6 rings (SSSR count). The van der Waals surface area contributed by atoms with Gasteiger partial charge in [0.1, 0.15) is 11.4 Å². The molecule has 33 heavy (non-hydrogen) atoms. The van der Waals surface area contributed by atoms with Gasteiger partial charge in [0.25, 0.3) is 0 Å². The zero-order valence-corrected chi connectivity index (χ0v) is 19.8. The summed E-state index contributed by atoms with van der Waals surface area (Å²) < 4.78 is 6.60. The number of nitrogens with zero attached hydrogens (tertiary/aromatic N) is 4. The van der Waals surface area contributed by atoms with Crippen LogP contribution in [0.25, 0.3) is 0 Å². The number of benzene rings is 2. The molecule has 0 spiro atoms. The minimum Gasteiger partial charge on any atom is -0.483 e. The van der Waals surface area contributed by atoms with Gasteiger partial charge >= 0.3 is 0 Å². The fourth-order valence-electron chi connectivity index (χ4n) is 5.79. The van der Waals surface area contributed by atoms with E-state index < -0.39 is 0 Å². The van der Waals surface area contributed by atoms with Crippen LogP contribution in [-0.4, -0.2) is 54.4 Å². The van der Waals surface area contributed by atoms with Crippen LogP contribution in [-0.2, 0) is 0 Å². The number of carbonyl (C=O) groups excluding carboxylic acids is 1. The van der Waals surface area contributed by atoms with Gasteiger partial charge in [0, 0.05) is 48.2 Å². The number of rotatable bonds is 3. The molecule has 0 bridgehead atoms. The van der Waals surface area contributed by atoms with E-state index in [2.05, 4.69) is 70.1 Å². The number of hydrazine groups is 1. The minimum atomic E-state index is -0.343. The molecule has 4 aliphatic heterocycles. The molecule has 4 heterocycles. The lowest BCUT2D eigenvalue weighted by Gasteiger charge is -2.48. The Hall–Kier alpha value is -2.83. The van der Waals surface area contributed by atoms with Crippen LogP contribution in [0.1, 0.15) is 55.6 Å². The Bertz CT molecular complexity index is 1120. The molecule has 0 N–H and O–H groups in total. The molecule has 2 saturated heterocycles. The molecule has 6 nitrogen and oxygen atoms in total. The molecule has 0 aromatic heterocycles. The highest BCUT2D eigenvalue weighted by atomic mass is 16.5. The van der Waals surface area contributed by atoms with E-state index >= 15 is 0 Å². The smallest absolute Gasteiger partial charge is 0.159 e. The molecule has 4 aliphatic rings. The van der Waals surface area contributed by atoms with Crippen LogP contribution in [0.4, 0.5) is 11.4 Å². The van der Waals surface area contributed by atoms with Crippen molar-refractivity contribution in [2.75, 3.05) is 42.8 Å². The van der Waals surface area contributed by atoms with E-state index in [-0.39, 0.29) is 17.4 Å². The maximum atomic E-state index is 11.7. The number of carbonyl (C=O) groups is 1. The van der Waals surface area contributed by atoms with E-state index in [1.807, 2.05) is 12.1 Å². The van der Waals surface area contributed by atoms with Crippen molar-refractivity contribution in [1.29, 1.82) is 0 Å². The number of Topliss-reactive ketones (excluding diaryl/α,β-unsaturated/α-hetero) is 1. The summed E-state index contributed by atoms with van der Waals surface area (Å²) in [6.45, 7) is 10.8. The summed E-state index contributed by atoms with van der Waals surface area (Å²) in [4.78, 5) is 16.5. The quantitative estimate of drug-likeness (QED) is 0.509. The lowest BCUT2D eigenvalue weighted by molar-refractivity contribution is -0.0296. The second-order valence-electron chi connectivity index (χ2n) is 10.1. The summed E-state index contributed by atoms with van der Waals surface area (Å²) >= 11 is 0. The maximum absolute atomic E-state index is 11.7. The zero-order chi connectivity index (χ0) is 22.7. The summed E-state index contributed by atoms with van der Waals surface area (Å²) in [6.07, 6.45) is 4.90. The average molecular weight is 445 g/mol. The average Bonchev–Trinajstić information content (AvgIpc) is 3.48. The molecule has 2 aromatic rings. The topological polar surface area (TPSA) is 39.3 Å². The van der Waals surface area contributed by atoms with Crippen molar-refractivity contribution in [3.05, 3.63) is 65.2 Å². The van der Waals surface area contributed by atoms with Gasteiger partial charge in [-0.2, -0.15) is 0 Å². The van der Waals surface area contributed by atoms with E-state index in [4.69, 9.17) is 4.74 Å². The second kappa shape index (κ2) is 7.61. The van der Waals surface area contributed by atoms with E-state index in [9.17, 15) is 4.79 Å². The van der Waals surface area contributed by atoms with Gasteiger partial charge in [0.15, 0.2) is 5.78 Å². The molecular formula is C27H32N4O2. The first-order chi connectivity index (χ1) is 15.9. The molecule has 0 amide bonds. The Labute approximate surface area is 196 Å². The summed E-state index contributed by atoms with van der Waals surface area (Å²) in [5.41, 5.74) is 5.43. The molecule has 1 atom stereocenters. The van der Waals surface area contributed by atoms with Gasteiger partial charge in [0.2, 0.25) is 0 Å². The van der Waals surface area contributed by atoms with Crippen LogP contribution in [0, 0.1) is 0 Å². The predicted molar refractivity (Wildman–Crippen MR) is 131 cm³/mol. The third kappa shape index (κ3) is 3.44. The monoisotopic (exact) mass is 444 g/mol. The maximum Gasteiger partial charge on any atom is 0.159 e. The standard InChI is InChI=1S/C27H32N4O2/c1-19(32)20-6-8-21(9-7-20)29-17-30-15-12-24-26(31(30)18-29)23-11-10-22(28-13-4-5-14-28)16-25(23)33-27(24,2)3/h6-12,16,26H,4-5,13-15,17-18H2,1-3H3. The molecule has 0 saturated carbocycles. The van der Waals surface area contributed by atoms with Gasteiger partial charge in [-0.05, 0) is 69.5 Å². The Morgan fingerprint density at radius 2 is 1.70 bits per heavy atom. The first-order valence-corrected chi connectivity index (χ1v) is 12.1. The molecule has 172 valence electrons. The van der Waals surface area contributed by atoms with Crippen molar-refractivity contribution in [3.63, 3.8) is 0 Å². The van der Waals surface area contributed by atoms with Crippen LogP contribution in [0.5, 0.6) is 5.75 Å². The molecule has 2 fully saturated rings. The van der Waals surface area contributed by atoms with Crippen molar-refractivity contribution in [3.8, 4) is 5.75 Å². The van der Waals surface area contributed by atoms with E-state index in [0.29, 0.717) is 0 Å². The highest BCUT2D eigenvalue weighted by Crippen LogP contribution is 2.50. The highest BCUT2D eigenvalue weighted by molar-refractivity contribution is 5.94. The Morgan fingerprint density at radius 3 is 2.42 bits per heavy atom. The normalized spacial score (nSPS) is 24.1. The van der Waals surface area contributed by atoms with Gasteiger partial charge in [-0.1, -0.05) is 12.1 Å². The SMILES string of the molecule is CC(=O)c1ccc(N2CN3CC=C4C(c5ccc(N6CCCC6)cc5OC4(C)C)N3C2)cc1. The third-order valence-electron chi connectivity index (χ3n) is 7.59. The van der Waals surface area contributed by atoms with Crippen molar-refractivity contribution < 1.29 is 9.53 Å². The first kappa shape index (κ1) is 20.8. The van der Waals surface area contributed by atoms with Crippen LogP contribution in [0.3, 0.4) is 0 Å². The summed E-state index contributed by atoms with van der Waals surface area (Å²) in [5, 5.41) is 4.92. The van der Waals surface area contributed by atoms with E-state index in [1.165, 1.54) is 29.7 Å². The van der Waals surface area contributed by atoms with Gasteiger partial charge in [-0.3, -0.25) is 4.79 Å². The lowest BCUT2D eigenvalue weighted by atomic mass is 9.82. The van der Waals surface area contributed by atoms with Crippen LogP contribution in [0.2, 0.25) is 0 Å². The van der Waals surface area contributed by atoms with Crippen molar-refractivity contribution in [2.24, 2.45) is 0 Å². The zero-order valence-electron chi connectivity index (χ0n) is 19.8. The van der Waals surface area contributed by atoms with E-state index in [0.717, 1.165) is 50.0 Å². The summed E-state index contributed by atoms with van der Waals surface area (Å²) in [7, 11) is 0. The largest absolute Gasteiger partial charge is 0.483 e. The first-order valence-electron chi connectivity index (χ1n) is 12.1. The van der Waals surface area contributed by atoms with Crippen LogP contribution < -0.4 is 14.5 Å². The van der Waals surface area contributed by atoms with Crippen molar-refractivity contribution in [1.82, 2.24) is 10.0 Å². The number of anilines is 2. The number of hydrogen-bond acceptors (Lipinski definition) is 6. The van der Waals surface area contributed by atoms with Gasteiger partial charge < -0.3 is 14.5 Å². The van der Waals surface area contributed by atoms with Crippen LogP contribution >= 0.6 is 0 Å². The Kier molecular flexibility index (Phi) is 4.78. The van der Waals surface area contributed by atoms with Gasteiger partial charge in [-0.25, -0.2) is 10.0 Å². The Morgan fingerprint density at radius 1 is 0.970 bits per heavy atom. The fraction of sp³-hybridized carbons (Fsp3) is 0.444. The number of fused-ring (bicyclic) bond motifs is 5.